The maximum absolute atomic E-state index is 13.1. The van der Waals surface area contributed by atoms with Crippen molar-refractivity contribution in [3.05, 3.63) is 58.4 Å². The van der Waals surface area contributed by atoms with Gasteiger partial charge >= 0.3 is 11.8 Å². The summed E-state index contributed by atoms with van der Waals surface area (Å²) in [5, 5.41) is 1.44. The molecule has 110 valence electrons. The lowest BCUT2D eigenvalue weighted by atomic mass is 10.1. The Morgan fingerprint density at radius 2 is 1.68 bits per heavy atom. The van der Waals surface area contributed by atoms with Crippen LogP contribution < -0.4 is 5.63 Å². The van der Waals surface area contributed by atoms with E-state index in [9.17, 15) is 18.0 Å². The number of para-hydroxylation sites is 1. The van der Waals surface area contributed by atoms with Gasteiger partial charge in [-0.3, -0.25) is 0 Å². The third-order valence-corrected chi connectivity index (χ3v) is 3.70. The summed E-state index contributed by atoms with van der Waals surface area (Å²) in [6.45, 7) is 0. The molecule has 0 unspecified atom stereocenters. The second-order valence-electron chi connectivity index (χ2n) is 5.01. The van der Waals surface area contributed by atoms with E-state index in [0.29, 0.717) is 17.0 Å². The first kappa shape index (κ1) is 12.9. The van der Waals surface area contributed by atoms with Gasteiger partial charge in [0.05, 0.1) is 11.1 Å². The van der Waals surface area contributed by atoms with Gasteiger partial charge in [0.25, 0.3) is 0 Å². The van der Waals surface area contributed by atoms with E-state index in [2.05, 4.69) is 4.98 Å². The van der Waals surface area contributed by atoms with Crippen molar-refractivity contribution >= 4 is 32.8 Å². The van der Waals surface area contributed by atoms with Crippen molar-refractivity contribution in [2.75, 3.05) is 0 Å². The number of fused-ring (bicyclic) bond motifs is 5. The number of H-pyrrole nitrogens is 1. The van der Waals surface area contributed by atoms with Gasteiger partial charge in [-0.1, -0.05) is 24.3 Å². The molecule has 3 nitrogen and oxygen atoms in total. The molecule has 0 aliphatic heterocycles. The van der Waals surface area contributed by atoms with Crippen LogP contribution in [0.15, 0.2) is 51.7 Å². The molecule has 4 rings (SSSR count). The Balaban J connectivity index is 2.25. The summed E-state index contributed by atoms with van der Waals surface area (Å²) in [5.74, 6) is 0. The van der Waals surface area contributed by atoms with E-state index in [1.54, 1.807) is 6.07 Å². The summed E-state index contributed by atoms with van der Waals surface area (Å²) < 4.78 is 44.4. The summed E-state index contributed by atoms with van der Waals surface area (Å²) in [6.07, 6.45) is -4.62. The van der Waals surface area contributed by atoms with Gasteiger partial charge < -0.3 is 9.40 Å². The number of rotatable bonds is 0. The molecule has 22 heavy (non-hydrogen) atoms. The fraction of sp³-hybridized carbons (Fsp3) is 0.0625. The second kappa shape index (κ2) is 4.13. The molecule has 0 fully saturated rings. The van der Waals surface area contributed by atoms with Crippen molar-refractivity contribution in [3.63, 3.8) is 0 Å². The van der Waals surface area contributed by atoms with Crippen LogP contribution in [0.25, 0.3) is 32.8 Å². The van der Waals surface area contributed by atoms with Gasteiger partial charge in [-0.05, 0) is 12.1 Å². The maximum atomic E-state index is 13.1. The standard InChI is InChI=1S/C16H8F3NO2/c17-16(18,19)11-7-13(21)22-15-10(11)6-5-9-8-3-1-2-4-12(8)20-14(9)15/h1-7,20H. The van der Waals surface area contributed by atoms with E-state index in [-0.39, 0.29) is 11.0 Å². The highest BCUT2D eigenvalue weighted by Crippen LogP contribution is 2.37. The van der Waals surface area contributed by atoms with Crippen LogP contribution in [-0.2, 0) is 6.18 Å². The Morgan fingerprint density at radius 3 is 2.45 bits per heavy atom. The molecule has 0 atom stereocenters. The van der Waals surface area contributed by atoms with Gasteiger partial charge in [-0.15, -0.1) is 0 Å². The normalized spacial score (nSPS) is 12.5. The first-order chi connectivity index (χ1) is 10.4. The third kappa shape index (κ3) is 1.73. The van der Waals surface area contributed by atoms with E-state index < -0.39 is 17.4 Å². The molecule has 0 saturated carbocycles. The number of aromatic nitrogens is 1. The molecule has 0 aliphatic carbocycles. The van der Waals surface area contributed by atoms with E-state index in [0.717, 1.165) is 10.9 Å². The minimum atomic E-state index is -4.62. The average Bonchev–Trinajstić information content (AvgIpc) is 2.84. The van der Waals surface area contributed by atoms with Crippen LogP contribution in [0.2, 0.25) is 0 Å². The van der Waals surface area contributed by atoms with Crippen molar-refractivity contribution in [1.29, 1.82) is 0 Å². The molecule has 6 heteroatoms. The largest absolute Gasteiger partial charge is 0.420 e. The summed E-state index contributed by atoms with van der Waals surface area (Å²) in [7, 11) is 0. The molecule has 0 bridgehead atoms. The van der Waals surface area contributed by atoms with Gasteiger partial charge in [-0.2, -0.15) is 13.2 Å². The van der Waals surface area contributed by atoms with Crippen molar-refractivity contribution < 1.29 is 17.6 Å². The van der Waals surface area contributed by atoms with Crippen LogP contribution in [-0.4, -0.2) is 4.98 Å². The molecule has 0 aliphatic rings. The van der Waals surface area contributed by atoms with Gasteiger partial charge in [-0.25, -0.2) is 4.79 Å². The van der Waals surface area contributed by atoms with Crippen LogP contribution in [0.1, 0.15) is 5.56 Å². The molecular weight excluding hydrogens is 295 g/mol. The monoisotopic (exact) mass is 303 g/mol. The zero-order chi connectivity index (χ0) is 15.5. The number of benzene rings is 2. The van der Waals surface area contributed by atoms with Crippen molar-refractivity contribution in [1.82, 2.24) is 4.98 Å². The van der Waals surface area contributed by atoms with Gasteiger partial charge in [0.1, 0.15) is 0 Å². The topological polar surface area (TPSA) is 46.0 Å². The molecule has 0 radical (unpaired) electrons. The number of hydrogen-bond acceptors (Lipinski definition) is 2. The second-order valence-corrected chi connectivity index (χ2v) is 5.01. The van der Waals surface area contributed by atoms with Crippen LogP contribution in [0.5, 0.6) is 0 Å². The highest BCUT2D eigenvalue weighted by molar-refractivity contribution is 6.15. The molecular formula is C16H8F3NO2. The summed E-state index contributed by atoms with van der Waals surface area (Å²) in [4.78, 5) is 14.6. The lowest BCUT2D eigenvalue weighted by Gasteiger charge is -2.09. The third-order valence-electron chi connectivity index (χ3n) is 3.70. The predicted octanol–water partition coefficient (Wildman–Crippen LogP) is 4.45. The van der Waals surface area contributed by atoms with Crippen LogP contribution in [0.3, 0.4) is 0 Å². The van der Waals surface area contributed by atoms with Crippen molar-refractivity contribution in [2.24, 2.45) is 0 Å². The quantitative estimate of drug-likeness (QED) is 0.488. The Labute approximate surface area is 121 Å². The first-order valence-electron chi connectivity index (χ1n) is 6.49. The lowest BCUT2D eigenvalue weighted by Crippen LogP contribution is -2.11. The van der Waals surface area contributed by atoms with Gasteiger partial charge in [0, 0.05) is 27.7 Å². The van der Waals surface area contributed by atoms with Crippen molar-refractivity contribution in [2.45, 2.75) is 6.18 Å². The highest BCUT2D eigenvalue weighted by Gasteiger charge is 2.34. The Kier molecular flexibility index (Phi) is 2.43. The maximum Gasteiger partial charge on any atom is 0.417 e. The number of alkyl halides is 3. The van der Waals surface area contributed by atoms with Crippen LogP contribution in [0.4, 0.5) is 13.2 Å². The summed E-state index contributed by atoms with van der Waals surface area (Å²) >= 11 is 0. The van der Waals surface area contributed by atoms with Gasteiger partial charge in [0.2, 0.25) is 0 Å². The first-order valence-corrected chi connectivity index (χ1v) is 6.49. The number of hydrogen-bond donors (Lipinski definition) is 1. The molecule has 0 amide bonds. The van der Waals surface area contributed by atoms with E-state index >= 15 is 0 Å². The van der Waals surface area contributed by atoms with Crippen LogP contribution >= 0.6 is 0 Å². The average molecular weight is 303 g/mol. The summed E-state index contributed by atoms with van der Waals surface area (Å²) in [6, 6.07) is 10.7. The molecule has 0 saturated heterocycles. The molecule has 4 aromatic rings. The zero-order valence-electron chi connectivity index (χ0n) is 11.0. The van der Waals surface area contributed by atoms with Gasteiger partial charge in [0.15, 0.2) is 5.58 Å². The van der Waals surface area contributed by atoms with Crippen LogP contribution in [0, 0.1) is 0 Å². The molecule has 0 spiro atoms. The molecule has 2 aromatic carbocycles. The van der Waals surface area contributed by atoms with E-state index in [1.165, 1.54) is 6.07 Å². The zero-order valence-corrected chi connectivity index (χ0v) is 11.0. The highest BCUT2D eigenvalue weighted by atomic mass is 19.4. The van der Waals surface area contributed by atoms with E-state index in [4.69, 9.17) is 4.42 Å². The SMILES string of the molecule is O=c1cc(C(F)(F)F)c2ccc3c4ccccc4[nH]c3c2o1. The number of halogens is 3. The lowest BCUT2D eigenvalue weighted by molar-refractivity contribution is -0.136. The Morgan fingerprint density at radius 1 is 0.955 bits per heavy atom. The fourth-order valence-corrected chi connectivity index (χ4v) is 2.77. The Hall–Kier alpha value is -2.76. The fourth-order valence-electron chi connectivity index (χ4n) is 2.77. The number of nitrogens with one attached hydrogen (secondary N) is 1. The number of aromatic amines is 1. The minimum Gasteiger partial charge on any atom is -0.420 e. The Bertz CT molecular complexity index is 1090. The molecule has 2 heterocycles. The smallest absolute Gasteiger partial charge is 0.417 e. The minimum absolute atomic E-state index is 0.0754. The van der Waals surface area contributed by atoms with E-state index in [1.807, 2.05) is 24.3 Å². The van der Waals surface area contributed by atoms with Crippen molar-refractivity contribution in [3.8, 4) is 0 Å². The summed E-state index contributed by atoms with van der Waals surface area (Å²) in [5.41, 5.74) is -0.925. The molecule has 2 aromatic heterocycles. The predicted molar refractivity (Wildman–Crippen MR) is 76.8 cm³/mol. The molecule has 1 N–H and O–H groups in total.